The monoisotopic (exact) mass is 359 g/mol. The molecule has 1 fully saturated rings. The normalized spacial score (nSPS) is 14.7. The lowest BCUT2D eigenvalue weighted by Crippen LogP contribution is -2.37. The minimum atomic E-state index is -0.469. The Morgan fingerprint density at radius 3 is 2.77 bits per heavy atom. The van der Waals surface area contributed by atoms with E-state index in [2.05, 4.69) is 5.32 Å². The number of benzene rings is 1. The highest BCUT2D eigenvalue weighted by atomic mass is 19.1. The van der Waals surface area contributed by atoms with Crippen molar-refractivity contribution in [1.82, 2.24) is 5.32 Å². The highest BCUT2D eigenvalue weighted by Gasteiger charge is 2.28. The maximum atomic E-state index is 13.7. The highest BCUT2D eigenvalue weighted by molar-refractivity contribution is 5.80. The van der Waals surface area contributed by atoms with E-state index in [0.717, 1.165) is 12.8 Å². The third kappa shape index (κ3) is 4.94. The number of halogens is 1. The molecular formula is C20H22FNO4. The van der Waals surface area contributed by atoms with Gasteiger partial charge in [0.25, 0.3) is 5.91 Å². The number of amides is 1. The Bertz CT molecular complexity index is 782. The smallest absolute Gasteiger partial charge is 0.306 e. The van der Waals surface area contributed by atoms with Crippen LogP contribution in [0.3, 0.4) is 0 Å². The second kappa shape index (κ2) is 8.17. The Labute approximate surface area is 151 Å². The summed E-state index contributed by atoms with van der Waals surface area (Å²) in [6, 6.07) is 9.84. The van der Waals surface area contributed by atoms with Gasteiger partial charge in [-0.3, -0.25) is 9.59 Å². The van der Waals surface area contributed by atoms with Gasteiger partial charge >= 0.3 is 5.97 Å². The van der Waals surface area contributed by atoms with Crippen molar-refractivity contribution in [2.45, 2.75) is 38.6 Å². The number of furan rings is 1. The Morgan fingerprint density at radius 1 is 1.27 bits per heavy atom. The molecule has 1 saturated carbocycles. The van der Waals surface area contributed by atoms with E-state index in [1.165, 1.54) is 6.07 Å². The van der Waals surface area contributed by atoms with Crippen LogP contribution in [0.5, 0.6) is 0 Å². The number of hydrogen-bond donors (Lipinski definition) is 1. The molecule has 1 N–H and O–H groups in total. The number of carbonyl (C=O) groups is 2. The first kappa shape index (κ1) is 18.2. The molecule has 26 heavy (non-hydrogen) atoms. The minimum Gasteiger partial charge on any atom is -0.461 e. The van der Waals surface area contributed by atoms with Gasteiger partial charge in [0.2, 0.25) is 0 Å². The second-order valence-electron chi connectivity index (χ2n) is 6.60. The summed E-state index contributed by atoms with van der Waals surface area (Å²) in [4.78, 5) is 23.5. The Balaban J connectivity index is 1.42. The van der Waals surface area contributed by atoms with Crippen molar-refractivity contribution in [3.63, 3.8) is 0 Å². The molecule has 1 unspecified atom stereocenters. The molecular weight excluding hydrogens is 337 g/mol. The summed E-state index contributed by atoms with van der Waals surface area (Å²) < 4.78 is 24.3. The van der Waals surface area contributed by atoms with Crippen LogP contribution in [0.1, 0.15) is 31.9 Å². The summed E-state index contributed by atoms with van der Waals surface area (Å²) in [7, 11) is 0. The van der Waals surface area contributed by atoms with Crippen LogP contribution < -0.4 is 5.32 Å². The molecule has 1 atom stereocenters. The first-order valence-corrected chi connectivity index (χ1v) is 8.81. The number of esters is 1. The maximum Gasteiger partial charge on any atom is 0.306 e. The van der Waals surface area contributed by atoms with Gasteiger partial charge in [-0.2, -0.15) is 0 Å². The zero-order chi connectivity index (χ0) is 18.5. The number of nitrogens with one attached hydrogen (secondary N) is 1. The van der Waals surface area contributed by atoms with Gasteiger partial charge in [-0.25, -0.2) is 4.39 Å². The molecule has 2 aromatic rings. The van der Waals surface area contributed by atoms with Gasteiger partial charge in [-0.05, 0) is 49.9 Å². The molecule has 1 aromatic heterocycles. The molecule has 0 bridgehead atoms. The van der Waals surface area contributed by atoms with E-state index in [1.54, 1.807) is 30.3 Å². The number of ether oxygens (including phenoxy) is 1. The third-order valence-corrected chi connectivity index (χ3v) is 4.46. The summed E-state index contributed by atoms with van der Waals surface area (Å²) in [6.07, 6.45) is 2.70. The highest BCUT2D eigenvalue weighted by Crippen LogP contribution is 2.32. The van der Waals surface area contributed by atoms with E-state index in [-0.39, 0.29) is 30.8 Å². The fourth-order valence-corrected chi connectivity index (χ4v) is 2.77. The molecule has 1 amide bonds. The van der Waals surface area contributed by atoms with Crippen LogP contribution in [-0.4, -0.2) is 24.5 Å². The quantitative estimate of drug-likeness (QED) is 0.733. The minimum absolute atomic E-state index is 0.0929. The third-order valence-electron chi connectivity index (χ3n) is 4.46. The lowest BCUT2D eigenvalue weighted by molar-refractivity contribution is -0.148. The predicted octanol–water partition coefficient (Wildman–Crippen LogP) is 3.48. The Kier molecular flexibility index (Phi) is 5.71. The summed E-state index contributed by atoms with van der Waals surface area (Å²) >= 11 is 0. The van der Waals surface area contributed by atoms with Crippen molar-refractivity contribution in [2.24, 2.45) is 5.92 Å². The number of rotatable bonds is 8. The van der Waals surface area contributed by atoms with Crippen molar-refractivity contribution in [3.8, 4) is 11.3 Å². The molecule has 1 aliphatic rings. The summed E-state index contributed by atoms with van der Waals surface area (Å²) in [5.41, 5.74) is 0.378. The van der Waals surface area contributed by atoms with E-state index in [0.29, 0.717) is 29.4 Å². The molecule has 5 nitrogen and oxygen atoms in total. The van der Waals surface area contributed by atoms with Crippen LogP contribution in [0.4, 0.5) is 4.39 Å². The van der Waals surface area contributed by atoms with E-state index >= 15 is 0 Å². The fourth-order valence-electron chi connectivity index (χ4n) is 2.77. The van der Waals surface area contributed by atoms with Gasteiger partial charge in [0, 0.05) is 12.5 Å². The van der Waals surface area contributed by atoms with Crippen LogP contribution in [0.15, 0.2) is 40.8 Å². The first-order chi connectivity index (χ1) is 12.5. The average Bonchev–Trinajstić information content (AvgIpc) is 3.38. The maximum absolute atomic E-state index is 13.7. The van der Waals surface area contributed by atoms with Gasteiger partial charge in [0.05, 0.1) is 12.0 Å². The van der Waals surface area contributed by atoms with Gasteiger partial charge in [0.15, 0.2) is 6.61 Å². The molecule has 3 rings (SSSR count). The zero-order valence-corrected chi connectivity index (χ0v) is 14.7. The molecule has 1 aliphatic carbocycles. The number of aryl methyl sites for hydroxylation is 1. The Morgan fingerprint density at radius 2 is 2.04 bits per heavy atom. The van der Waals surface area contributed by atoms with Gasteiger partial charge < -0.3 is 14.5 Å². The van der Waals surface area contributed by atoms with Crippen LogP contribution in [0.25, 0.3) is 11.3 Å². The first-order valence-electron chi connectivity index (χ1n) is 8.81. The largest absolute Gasteiger partial charge is 0.461 e. The average molecular weight is 359 g/mol. The summed E-state index contributed by atoms with van der Waals surface area (Å²) in [6.45, 7) is 1.69. The van der Waals surface area contributed by atoms with Gasteiger partial charge in [0.1, 0.15) is 17.3 Å². The zero-order valence-electron chi connectivity index (χ0n) is 14.7. The lowest BCUT2D eigenvalue weighted by Gasteiger charge is -2.12. The Hall–Kier alpha value is -2.63. The summed E-state index contributed by atoms with van der Waals surface area (Å²) in [5.74, 6) is 0.420. The molecule has 0 aliphatic heterocycles. The van der Waals surface area contributed by atoms with E-state index < -0.39 is 5.97 Å². The number of hydrogen-bond acceptors (Lipinski definition) is 4. The second-order valence-corrected chi connectivity index (χ2v) is 6.60. The van der Waals surface area contributed by atoms with E-state index in [4.69, 9.17) is 9.15 Å². The van der Waals surface area contributed by atoms with Crippen LogP contribution >= 0.6 is 0 Å². The van der Waals surface area contributed by atoms with Crippen molar-refractivity contribution in [2.75, 3.05) is 6.61 Å². The molecule has 1 aromatic carbocycles. The van der Waals surface area contributed by atoms with Gasteiger partial charge in [-0.15, -0.1) is 0 Å². The SMILES string of the molecule is CC(NC(=O)COC(=O)CCc1ccc(-c2ccccc2F)o1)C1CC1. The topological polar surface area (TPSA) is 68.5 Å². The fraction of sp³-hybridized carbons (Fsp3) is 0.400. The van der Waals surface area contributed by atoms with Gasteiger partial charge in [-0.1, -0.05) is 12.1 Å². The number of carbonyl (C=O) groups excluding carboxylic acids is 2. The van der Waals surface area contributed by atoms with Crippen LogP contribution in [-0.2, 0) is 20.7 Å². The lowest BCUT2D eigenvalue weighted by atomic mass is 10.1. The van der Waals surface area contributed by atoms with E-state index in [9.17, 15) is 14.0 Å². The van der Waals surface area contributed by atoms with E-state index in [1.807, 2.05) is 6.92 Å². The van der Waals surface area contributed by atoms with Crippen LogP contribution in [0, 0.1) is 11.7 Å². The standard InChI is InChI=1S/C20H22FNO4/c1-13(14-6-7-14)22-19(23)12-25-20(24)11-9-15-8-10-18(26-15)16-4-2-3-5-17(16)21/h2-5,8,10,13-14H,6-7,9,11-12H2,1H3,(H,22,23). The van der Waals surface area contributed by atoms with Crippen molar-refractivity contribution in [3.05, 3.63) is 48.0 Å². The van der Waals surface area contributed by atoms with Crippen LogP contribution in [0.2, 0.25) is 0 Å². The van der Waals surface area contributed by atoms with Crippen molar-refractivity contribution >= 4 is 11.9 Å². The molecule has 0 spiro atoms. The molecule has 1 heterocycles. The summed E-state index contributed by atoms with van der Waals surface area (Å²) in [5, 5.41) is 2.83. The van der Waals surface area contributed by atoms with Crippen molar-refractivity contribution < 1.29 is 23.1 Å². The molecule has 0 saturated heterocycles. The predicted molar refractivity (Wildman–Crippen MR) is 93.7 cm³/mol. The van der Waals surface area contributed by atoms with Crippen molar-refractivity contribution in [1.29, 1.82) is 0 Å². The molecule has 138 valence electrons. The molecule has 6 heteroatoms. The molecule has 0 radical (unpaired) electrons.